The van der Waals surface area contributed by atoms with Gasteiger partial charge in [-0.2, -0.15) is 5.10 Å². The Morgan fingerprint density at radius 2 is 2.00 bits per heavy atom. The SMILES string of the molecule is Cn1ncc(-c2cc(C3CCC3)c3c(N)c([S+]([O-])C4CCC4)sc3n2)cc1=O. The van der Waals surface area contributed by atoms with Crippen molar-refractivity contribution < 1.29 is 4.55 Å². The molecule has 2 N–H and O–H groups in total. The van der Waals surface area contributed by atoms with Crippen molar-refractivity contribution in [3.05, 3.63) is 34.2 Å². The zero-order valence-corrected chi connectivity index (χ0v) is 17.3. The molecule has 2 aliphatic rings. The maximum Gasteiger partial charge on any atom is 0.267 e. The molecule has 0 bridgehead atoms. The molecule has 0 amide bonds. The number of aromatic nitrogens is 3. The van der Waals surface area contributed by atoms with Crippen LogP contribution in [0.4, 0.5) is 5.69 Å². The summed E-state index contributed by atoms with van der Waals surface area (Å²) in [7, 11) is 1.63. The van der Waals surface area contributed by atoms with E-state index in [1.165, 1.54) is 28.0 Å². The van der Waals surface area contributed by atoms with E-state index < -0.39 is 11.2 Å². The number of anilines is 1. The van der Waals surface area contributed by atoms with Crippen molar-refractivity contribution in [2.45, 2.75) is 53.9 Å². The van der Waals surface area contributed by atoms with Crippen molar-refractivity contribution in [2.75, 3.05) is 5.73 Å². The second kappa shape index (κ2) is 6.86. The van der Waals surface area contributed by atoms with Gasteiger partial charge in [-0.1, -0.05) is 17.8 Å². The number of nitrogen functional groups attached to an aromatic ring is 1. The number of pyridine rings is 1. The van der Waals surface area contributed by atoms with Crippen molar-refractivity contribution in [1.82, 2.24) is 14.8 Å². The first-order valence-electron chi connectivity index (χ1n) is 9.70. The quantitative estimate of drug-likeness (QED) is 0.658. The van der Waals surface area contributed by atoms with Crippen molar-refractivity contribution in [1.29, 1.82) is 0 Å². The Labute approximate surface area is 170 Å². The van der Waals surface area contributed by atoms with Crippen LogP contribution in [0.1, 0.15) is 50.0 Å². The first kappa shape index (κ1) is 18.1. The number of thiophene rings is 1. The first-order valence-corrected chi connectivity index (χ1v) is 11.7. The van der Waals surface area contributed by atoms with Gasteiger partial charge in [0.15, 0.2) is 0 Å². The lowest BCUT2D eigenvalue weighted by molar-refractivity contribution is 0.422. The number of fused-ring (bicyclic) bond motifs is 1. The van der Waals surface area contributed by atoms with Crippen molar-refractivity contribution >= 4 is 38.4 Å². The fourth-order valence-corrected chi connectivity index (χ4v) is 7.03. The van der Waals surface area contributed by atoms with Gasteiger partial charge < -0.3 is 10.3 Å². The zero-order valence-electron chi connectivity index (χ0n) is 15.7. The van der Waals surface area contributed by atoms with Crippen molar-refractivity contribution in [3.8, 4) is 11.3 Å². The zero-order chi connectivity index (χ0) is 19.4. The van der Waals surface area contributed by atoms with E-state index in [0.29, 0.717) is 17.2 Å². The predicted octanol–water partition coefficient (Wildman–Crippen LogP) is 3.57. The molecule has 1 atom stereocenters. The number of hydrogen-bond acceptors (Lipinski definition) is 6. The smallest absolute Gasteiger partial charge is 0.267 e. The van der Waals surface area contributed by atoms with Crippen LogP contribution in [0.5, 0.6) is 0 Å². The molecular formula is C20H22N4O2S2. The lowest BCUT2D eigenvalue weighted by atomic mass is 9.79. The van der Waals surface area contributed by atoms with Crippen LogP contribution in [0.2, 0.25) is 0 Å². The molecule has 2 aliphatic carbocycles. The molecule has 2 saturated carbocycles. The summed E-state index contributed by atoms with van der Waals surface area (Å²) >= 11 is 0.391. The third-order valence-corrected chi connectivity index (χ3v) is 9.34. The highest BCUT2D eigenvalue weighted by atomic mass is 32.2. The Kier molecular flexibility index (Phi) is 4.45. The summed E-state index contributed by atoms with van der Waals surface area (Å²) in [5.41, 5.74) is 9.62. The molecule has 28 heavy (non-hydrogen) atoms. The predicted molar refractivity (Wildman–Crippen MR) is 113 cm³/mol. The Bertz CT molecular complexity index is 1120. The summed E-state index contributed by atoms with van der Waals surface area (Å²) in [5.74, 6) is 0.450. The fourth-order valence-electron chi connectivity index (χ4n) is 3.81. The molecule has 0 aromatic carbocycles. The Morgan fingerprint density at radius 3 is 2.61 bits per heavy atom. The molecule has 3 aromatic rings. The number of nitrogens with two attached hydrogens (primary N) is 1. The lowest BCUT2D eigenvalue weighted by Gasteiger charge is -2.27. The minimum atomic E-state index is -1.06. The van der Waals surface area contributed by atoms with Crippen LogP contribution >= 0.6 is 11.3 Å². The summed E-state index contributed by atoms with van der Waals surface area (Å²) < 4.78 is 15.1. The highest BCUT2D eigenvalue weighted by molar-refractivity contribution is 7.94. The van der Waals surface area contributed by atoms with Crippen LogP contribution in [0.15, 0.2) is 27.3 Å². The minimum absolute atomic E-state index is 0.165. The van der Waals surface area contributed by atoms with E-state index in [4.69, 9.17) is 10.7 Å². The Balaban J connectivity index is 1.68. The van der Waals surface area contributed by atoms with E-state index in [9.17, 15) is 9.35 Å². The van der Waals surface area contributed by atoms with E-state index in [1.807, 2.05) is 0 Å². The molecule has 0 radical (unpaired) electrons. The molecule has 0 spiro atoms. The molecule has 3 aromatic heterocycles. The van der Waals surface area contributed by atoms with Gasteiger partial charge in [0.1, 0.15) is 15.8 Å². The van der Waals surface area contributed by atoms with E-state index >= 15 is 0 Å². The molecule has 3 heterocycles. The molecular weight excluding hydrogens is 392 g/mol. The minimum Gasteiger partial charge on any atom is -0.611 e. The average Bonchev–Trinajstić information content (AvgIpc) is 2.91. The summed E-state index contributed by atoms with van der Waals surface area (Å²) in [6.45, 7) is 0. The first-order chi connectivity index (χ1) is 13.5. The molecule has 1 unspecified atom stereocenters. The molecule has 2 fully saturated rings. The van der Waals surface area contributed by atoms with Gasteiger partial charge in [0.25, 0.3) is 5.56 Å². The van der Waals surface area contributed by atoms with E-state index in [-0.39, 0.29) is 10.8 Å². The number of nitrogens with zero attached hydrogens (tertiary/aromatic N) is 3. The Hall–Kier alpha value is -1.90. The van der Waals surface area contributed by atoms with Crippen LogP contribution in [-0.4, -0.2) is 24.6 Å². The third kappa shape index (κ3) is 2.86. The lowest BCUT2D eigenvalue weighted by Crippen LogP contribution is -2.28. The number of aryl methyl sites for hydroxylation is 1. The molecule has 6 nitrogen and oxygen atoms in total. The van der Waals surface area contributed by atoms with Gasteiger partial charge in [-0.3, -0.25) is 4.79 Å². The maximum atomic E-state index is 13.0. The average molecular weight is 415 g/mol. The molecule has 8 heteroatoms. The standard InChI is InChI=1S/C20H22N4O2S2/c1-24-16(25)8-12(10-22-24)15-9-14(11-4-2-5-11)17-18(21)20(27-19(17)23-15)28(26)13-6-3-7-13/h8-11,13H,2-7,21H2,1H3. The second-order valence-corrected chi connectivity index (χ2v) is 10.7. The van der Waals surface area contributed by atoms with E-state index in [1.54, 1.807) is 19.3 Å². The summed E-state index contributed by atoms with van der Waals surface area (Å²) in [4.78, 5) is 17.7. The molecule has 0 aliphatic heterocycles. The van der Waals surface area contributed by atoms with Crippen LogP contribution in [0.25, 0.3) is 21.5 Å². The van der Waals surface area contributed by atoms with Crippen LogP contribution in [0, 0.1) is 0 Å². The van der Waals surface area contributed by atoms with Gasteiger partial charge >= 0.3 is 0 Å². The number of rotatable bonds is 4. The van der Waals surface area contributed by atoms with Crippen molar-refractivity contribution in [2.24, 2.45) is 7.05 Å². The van der Waals surface area contributed by atoms with Gasteiger partial charge in [0.2, 0.25) is 4.21 Å². The largest absolute Gasteiger partial charge is 0.611 e. The summed E-state index contributed by atoms with van der Waals surface area (Å²) in [5, 5.41) is 5.33. The summed E-state index contributed by atoms with van der Waals surface area (Å²) in [6, 6.07) is 3.62. The highest BCUT2D eigenvalue weighted by Gasteiger charge is 2.36. The van der Waals surface area contributed by atoms with E-state index in [2.05, 4.69) is 11.2 Å². The maximum absolute atomic E-state index is 13.0. The van der Waals surface area contributed by atoms with E-state index in [0.717, 1.165) is 52.2 Å². The van der Waals surface area contributed by atoms with Crippen LogP contribution in [-0.2, 0) is 18.2 Å². The third-order valence-electron chi connectivity index (χ3n) is 6.04. The van der Waals surface area contributed by atoms with Gasteiger partial charge in [-0.25, -0.2) is 9.67 Å². The Morgan fingerprint density at radius 1 is 1.25 bits per heavy atom. The topological polar surface area (TPSA) is 96.9 Å². The van der Waals surface area contributed by atoms with Gasteiger partial charge in [0.05, 0.1) is 11.9 Å². The number of hydrogen-bond donors (Lipinski definition) is 1. The van der Waals surface area contributed by atoms with Crippen LogP contribution in [0.3, 0.4) is 0 Å². The van der Waals surface area contributed by atoms with Crippen LogP contribution < -0.4 is 11.3 Å². The molecule has 146 valence electrons. The monoisotopic (exact) mass is 414 g/mol. The van der Waals surface area contributed by atoms with Gasteiger partial charge in [0, 0.05) is 35.2 Å². The second-order valence-electron chi connectivity index (χ2n) is 7.76. The fraction of sp³-hybridized carbons (Fsp3) is 0.450. The van der Waals surface area contributed by atoms with Gasteiger partial charge in [-0.05, 0) is 49.7 Å². The molecule has 0 saturated heterocycles. The normalized spacial score (nSPS) is 18.8. The molecule has 5 rings (SSSR count). The van der Waals surface area contributed by atoms with Crippen molar-refractivity contribution in [3.63, 3.8) is 0 Å². The van der Waals surface area contributed by atoms with Gasteiger partial charge in [-0.15, -0.1) is 0 Å². The summed E-state index contributed by atoms with van der Waals surface area (Å²) in [6.07, 6.45) is 8.30. The highest BCUT2D eigenvalue weighted by Crippen LogP contribution is 2.48.